The van der Waals surface area contributed by atoms with Gasteiger partial charge in [-0.25, -0.2) is 0 Å². The van der Waals surface area contributed by atoms with Crippen molar-refractivity contribution in [2.75, 3.05) is 20.1 Å². The molecule has 0 radical (unpaired) electrons. The minimum Gasteiger partial charge on any atom is -0.329 e. The monoisotopic (exact) mass is 206 g/mol. The second kappa shape index (κ2) is 5.89. The van der Waals surface area contributed by atoms with E-state index in [1.165, 1.54) is 17.5 Å². The Kier molecular flexibility index (Phi) is 4.79. The van der Waals surface area contributed by atoms with Crippen LogP contribution in [0.2, 0.25) is 0 Å². The second-order valence-corrected chi connectivity index (χ2v) is 4.14. The minimum absolute atomic E-state index is 0.352. The van der Waals surface area contributed by atoms with Gasteiger partial charge in [0.2, 0.25) is 0 Å². The molecule has 1 unspecified atom stereocenters. The summed E-state index contributed by atoms with van der Waals surface area (Å²) >= 11 is 0. The van der Waals surface area contributed by atoms with Gasteiger partial charge in [-0.3, -0.25) is 4.90 Å². The van der Waals surface area contributed by atoms with Crippen LogP contribution in [0, 0.1) is 6.92 Å². The Labute approximate surface area is 93.1 Å². The van der Waals surface area contributed by atoms with Gasteiger partial charge in [0.1, 0.15) is 0 Å². The van der Waals surface area contributed by atoms with Crippen molar-refractivity contribution in [3.8, 4) is 0 Å². The molecule has 0 saturated carbocycles. The Hall–Kier alpha value is -0.860. The summed E-state index contributed by atoms with van der Waals surface area (Å²) in [4.78, 5) is 2.32. The summed E-state index contributed by atoms with van der Waals surface area (Å²) in [6.07, 6.45) is 1.17. The fourth-order valence-electron chi connectivity index (χ4n) is 1.87. The van der Waals surface area contributed by atoms with Gasteiger partial charge in [-0.15, -0.1) is 0 Å². The van der Waals surface area contributed by atoms with Gasteiger partial charge >= 0.3 is 0 Å². The Bertz CT molecular complexity index is 279. The third-order valence-corrected chi connectivity index (χ3v) is 2.79. The van der Waals surface area contributed by atoms with Crippen molar-refractivity contribution in [3.05, 3.63) is 35.4 Å². The molecule has 0 aliphatic heterocycles. The van der Waals surface area contributed by atoms with Crippen LogP contribution in [0.4, 0.5) is 0 Å². The molecule has 0 aromatic heterocycles. The van der Waals surface area contributed by atoms with E-state index in [0.717, 1.165) is 6.54 Å². The smallest absolute Gasteiger partial charge is 0.0467 e. The lowest BCUT2D eigenvalue weighted by atomic mass is 10.0. The Balaban J connectivity index is 2.77. The van der Waals surface area contributed by atoms with E-state index >= 15 is 0 Å². The highest BCUT2D eigenvalue weighted by molar-refractivity contribution is 5.24. The highest BCUT2D eigenvalue weighted by Gasteiger charge is 2.13. The summed E-state index contributed by atoms with van der Waals surface area (Å²) in [5.41, 5.74) is 8.45. The third-order valence-electron chi connectivity index (χ3n) is 2.79. The van der Waals surface area contributed by atoms with Gasteiger partial charge in [0.05, 0.1) is 0 Å². The SMILES string of the molecule is CCCN(C)C(CN)c1ccc(C)cc1. The van der Waals surface area contributed by atoms with Gasteiger partial charge in [-0.1, -0.05) is 36.8 Å². The van der Waals surface area contributed by atoms with Crippen molar-refractivity contribution in [1.82, 2.24) is 4.90 Å². The van der Waals surface area contributed by atoms with Crippen LogP contribution in [0.1, 0.15) is 30.5 Å². The number of aryl methyl sites for hydroxylation is 1. The minimum atomic E-state index is 0.352. The van der Waals surface area contributed by atoms with E-state index < -0.39 is 0 Å². The molecule has 0 spiro atoms. The summed E-state index contributed by atoms with van der Waals surface area (Å²) in [6, 6.07) is 9.01. The molecule has 0 heterocycles. The molecule has 1 atom stereocenters. The number of hydrogen-bond donors (Lipinski definition) is 1. The van der Waals surface area contributed by atoms with Crippen LogP contribution in [-0.4, -0.2) is 25.0 Å². The van der Waals surface area contributed by atoms with E-state index in [1.807, 2.05) is 0 Å². The van der Waals surface area contributed by atoms with Crippen LogP contribution < -0.4 is 5.73 Å². The van der Waals surface area contributed by atoms with Crippen LogP contribution in [0.5, 0.6) is 0 Å². The Morgan fingerprint density at radius 3 is 2.33 bits per heavy atom. The predicted octanol–water partition coefficient (Wildman–Crippen LogP) is 2.34. The molecule has 2 heteroatoms. The van der Waals surface area contributed by atoms with Crippen molar-refractivity contribution < 1.29 is 0 Å². The van der Waals surface area contributed by atoms with Crippen molar-refractivity contribution in [1.29, 1.82) is 0 Å². The zero-order chi connectivity index (χ0) is 11.3. The van der Waals surface area contributed by atoms with E-state index in [1.54, 1.807) is 0 Å². The first-order valence-corrected chi connectivity index (χ1v) is 5.66. The van der Waals surface area contributed by atoms with Crippen LogP contribution in [0.25, 0.3) is 0 Å². The first-order chi connectivity index (χ1) is 7.19. The number of nitrogens with zero attached hydrogens (tertiary/aromatic N) is 1. The zero-order valence-electron chi connectivity index (χ0n) is 10.0. The number of benzene rings is 1. The maximum Gasteiger partial charge on any atom is 0.0467 e. The van der Waals surface area contributed by atoms with Crippen LogP contribution >= 0.6 is 0 Å². The summed E-state index contributed by atoms with van der Waals surface area (Å²) in [5, 5.41) is 0. The van der Waals surface area contributed by atoms with Gasteiger partial charge in [0, 0.05) is 12.6 Å². The van der Waals surface area contributed by atoms with Crippen LogP contribution in [0.15, 0.2) is 24.3 Å². The largest absolute Gasteiger partial charge is 0.329 e. The maximum atomic E-state index is 5.83. The van der Waals surface area contributed by atoms with Crippen molar-refractivity contribution in [2.24, 2.45) is 5.73 Å². The topological polar surface area (TPSA) is 29.3 Å². The molecule has 2 nitrogen and oxygen atoms in total. The van der Waals surface area contributed by atoms with E-state index in [4.69, 9.17) is 5.73 Å². The van der Waals surface area contributed by atoms with E-state index in [9.17, 15) is 0 Å². The summed E-state index contributed by atoms with van der Waals surface area (Å²) in [5.74, 6) is 0. The maximum absolute atomic E-state index is 5.83. The first-order valence-electron chi connectivity index (χ1n) is 5.66. The highest BCUT2D eigenvalue weighted by Crippen LogP contribution is 2.18. The van der Waals surface area contributed by atoms with E-state index in [2.05, 4.69) is 50.1 Å². The lowest BCUT2D eigenvalue weighted by molar-refractivity contribution is 0.251. The molecular formula is C13H22N2. The quantitative estimate of drug-likeness (QED) is 0.801. The molecule has 84 valence electrons. The third kappa shape index (κ3) is 3.33. The molecule has 1 aromatic carbocycles. The molecular weight excluding hydrogens is 184 g/mol. The van der Waals surface area contributed by atoms with Gasteiger partial charge < -0.3 is 5.73 Å². The lowest BCUT2D eigenvalue weighted by Crippen LogP contribution is -2.31. The average Bonchev–Trinajstić information content (AvgIpc) is 2.22. The molecule has 0 saturated heterocycles. The van der Waals surface area contributed by atoms with Gasteiger partial charge in [0.25, 0.3) is 0 Å². The normalized spacial score (nSPS) is 13.1. The molecule has 0 amide bonds. The number of likely N-dealkylation sites (N-methyl/N-ethyl adjacent to an activating group) is 1. The van der Waals surface area contributed by atoms with Gasteiger partial charge in [-0.2, -0.15) is 0 Å². The van der Waals surface area contributed by atoms with Crippen molar-refractivity contribution in [2.45, 2.75) is 26.3 Å². The second-order valence-electron chi connectivity index (χ2n) is 4.14. The van der Waals surface area contributed by atoms with Gasteiger partial charge in [-0.05, 0) is 32.5 Å². The molecule has 0 bridgehead atoms. The van der Waals surface area contributed by atoms with Gasteiger partial charge in [0.15, 0.2) is 0 Å². The number of nitrogens with two attached hydrogens (primary N) is 1. The lowest BCUT2D eigenvalue weighted by Gasteiger charge is -2.27. The highest BCUT2D eigenvalue weighted by atomic mass is 15.1. The molecule has 2 N–H and O–H groups in total. The fraction of sp³-hybridized carbons (Fsp3) is 0.538. The molecule has 1 rings (SSSR count). The Morgan fingerprint density at radius 1 is 1.27 bits per heavy atom. The molecule has 0 aliphatic carbocycles. The summed E-state index contributed by atoms with van der Waals surface area (Å²) in [7, 11) is 2.14. The van der Waals surface area contributed by atoms with E-state index in [-0.39, 0.29) is 0 Å². The van der Waals surface area contributed by atoms with E-state index in [0.29, 0.717) is 12.6 Å². The Morgan fingerprint density at radius 2 is 1.87 bits per heavy atom. The van der Waals surface area contributed by atoms with Crippen LogP contribution in [-0.2, 0) is 0 Å². The molecule has 15 heavy (non-hydrogen) atoms. The van der Waals surface area contributed by atoms with Crippen molar-refractivity contribution >= 4 is 0 Å². The molecule has 1 aromatic rings. The predicted molar refractivity (Wildman–Crippen MR) is 65.9 cm³/mol. The average molecular weight is 206 g/mol. The summed E-state index contributed by atoms with van der Waals surface area (Å²) < 4.78 is 0. The number of rotatable bonds is 5. The molecule has 0 aliphatic rings. The van der Waals surface area contributed by atoms with Crippen LogP contribution in [0.3, 0.4) is 0 Å². The standard InChI is InChI=1S/C13H22N2/c1-4-9-15(3)13(10-14)12-7-5-11(2)6-8-12/h5-8,13H,4,9-10,14H2,1-3H3. The van der Waals surface area contributed by atoms with Crippen molar-refractivity contribution in [3.63, 3.8) is 0 Å². The first kappa shape index (κ1) is 12.2. The zero-order valence-corrected chi connectivity index (χ0v) is 10.0. The molecule has 0 fully saturated rings. The summed E-state index contributed by atoms with van der Waals surface area (Å²) in [6.45, 7) is 6.07. The fourth-order valence-corrected chi connectivity index (χ4v) is 1.87. The number of hydrogen-bond acceptors (Lipinski definition) is 2.